The third kappa shape index (κ3) is 4.58. The van der Waals surface area contributed by atoms with Gasteiger partial charge in [-0.25, -0.2) is 14.2 Å². The van der Waals surface area contributed by atoms with Crippen LogP contribution in [0.3, 0.4) is 0 Å². The number of amidine groups is 1. The number of thioether (sulfide) groups is 1. The van der Waals surface area contributed by atoms with Gasteiger partial charge < -0.3 is 15.2 Å². The van der Waals surface area contributed by atoms with Crippen molar-refractivity contribution in [2.24, 2.45) is 4.99 Å². The number of nitrogens with zero attached hydrogens (tertiary/aromatic N) is 1. The Morgan fingerprint density at radius 2 is 2.00 bits per heavy atom. The summed E-state index contributed by atoms with van der Waals surface area (Å²) in [5.41, 5.74) is 0.689. The predicted molar refractivity (Wildman–Crippen MR) is 106 cm³/mol. The standard InChI is InChI=1S/C20H17FN2O4S/c1-2-15(19(25)26)27-16-10-6-3-7-12(16)11-17-18(24)23-20(28-17)22-14-9-5-4-8-13(14)21/h3-11,15H,2H2,1H3,(H,25,26)(H,22,23,24)/b17-11+. The third-order valence-electron chi connectivity index (χ3n) is 3.85. The van der Waals surface area contributed by atoms with E-state index in [0.29, 0.717) is 22.6 Å². The second-order valence-corrected chi connectivity index (χ2v) is 6.85. The van der Waals surface area contributed by atoms with Crippen molar-refractivity contribution in [1.82, 2.24) is 5.32 Å². The highest BCUT2D eigenvalue weighted by molar-refractivity contribution is 8.18. The van der Waals surface area contributed by atoms with Gasteiger partial charge in [0.05, 0.1) is 4.91 Å². The summed E-state index contributed by atoms with van der Waals surface area (Å²) < 4.78 is 19.3. The van der Waals surface area contributed by atoms with Crippen molar-refractivity contribution in [2.75, 3.05) is 0 Å². The molecule has 1 atom stereocenters. The van der Waals surface area contributed by atoms with Crippen LogP contribution in [0.5, 0.6) is 5.75 Å². The van der Waals surface area contributed by atoms with Crippen LogP contribution in [0.4, 0.5) is 10.1 Å². The molecule has 2 aromatic rings. The Morgan fingerprint density at radius 3 is 2.71 bits per heavy atom. The first-order chi connectivity index (χ1) is 13.5. The van der Waals surface area contributed by atoms with E-state index in [9.17, 15) is 19.1 Å². The summed E-state index contributed by atoms with van der Waals surface area (Å²) in [6.45, 7) is 1.71. The molecule has 6 nitrogen and oxygen atoms in total. The minimum atomic E-state index is -1.06. The molecular weight excluding hydrogens is 383 g/mol. The van der Waals surface area contributed by atoms with Crippen LogP contribution >= 0.6 is 11.8 Å². The molecule has 2 N–H and O–H groups in total. The molecule has 1 aliphatic rings. The largest absolute Gasteiger partial charge is 0.479 e. The van der Waals surface area contributed by atoms with Gasteiger partial charge in [0.25, 0.3) is 5.91 Å². The molecule has 8 heteroatoms. The number of rotatable bonds is 6. The van der Waals surface area contributed by atoms with E-state index in [-0.39, 0.29) is 16.8 Å². The van der Waals surface area contributed by atoms with Crippen LogP contribution in [0, 0.1) is 5.82 Å². The van der Waals surface area contributed by atoms with E-state index in [1.54, 1.807) is 49.4 Å². The van der Waals surface area contributed by atoms with Gasteiger partial charge in [-0.15, -0.1) is 0 Å². The first-order valence-corrected chi connectivity index (χ1v) is 9.32. The fourth-order valence-corrected chi connectivity index (χ4v) is 3.27. The van der Waals surface area contributed by atoms with Gasteiger partial charge in [-0.1, -0.05) is 37.3 Å². The van der Waals surface area contributed by atoms with Gasteiger partial charge in [0, 0.05) is 5.56 Å². The Labute approximate surface area is 165 Å². The highest BCUT2D eigenvalue weighted by Gasteiger charge is 2.25. The van der Waals surface area contributed by atoms with Gasteiger partial charge in [0.2, 0.25) is 0 Å². The zero-order valence-corrected chi connectivity index (χ0v) is 15.7. The first-order valence-electron chi connectivity index (χ1n) is 8.50. The number of carboxylic acids is 1. The Hall–Kier alpha value is -3.13. The summed E-state index contributed by atoms with van der Waals surface area (Å²) >= 11 is 1.07. The van der Waals surface area contributed by atoms with E-state index < -0.39 is 17.9 Å². The van der Waals surface area contributed by atoms with E-state index in [4.69, 9.17) is 4.74 Å². The maximum Gasteiger partial charge on any atom is 0.344 e. The molecule has 0 radical (unpaired) electrons. The molecule has 1 aliphatic heterocycles. The van der Waals surface area contributed by atoms with Crippen LogP contribution in [0.25, 0.3) is 6.08 Å². The van der Waals surface area contributed by atoms with Gasteiger partial charge >= 0.3 is 5.97 Å². The summed E-state index contributed by atoms with van der Waals surface area (Å²) in [7, 11) is 0. The normalized spacial score (nSPS) is 17.6. The molecule has 0 aromatic heterocycles. The lowest BCUT2D eigenvalue weighted by molar-refractivity contribution is -0.145. The average Bonchev–Trinajstić information content (AvgIpc) is 3.01. The van der Waals surface area contributed by atoms with E-state index in [1.807, 2.05) is 0 Å². The zero-order chi connectivity index (χ0) is 20.1. The fraction of sp³-hybridized carbons (Fsp3) is 0.150. The summed E-state index contributed by atoms with van der Waals surface area (Å²) in [5.74, 6) is -1.56. The molecule has 1 fully saturated rings. The number of hydrogen-bond donors (Lipinski definition) is 2. The van der Waals surface area contributed by atoms with Crippen molar-refractivity contribution in [3.8, 4) is 5.75 Å². The minimum absolute atomic E-state index is 0.127. The Morgan fingerprint density at radius 1 is 1.29 bits per heavy atom. The van der Waals surface area contributed by atoms with Crippen molar-refractivity contribution >= 4 is 40.6 Å². The summed E-state index contributed by atoms with van der Waals surface area (Å²) in [6.07, 6.45) is 0.908. The number of aliphatic carboxylic acids is 1. The lowest BCUT2D eigenvalue weighted by Crippen LogP contribution is -2.26. The number of benzene rings is 2. The van der Waals surface area contributed by atoms with E-state index in [0.717, 1.165) is 11.8 Å². The van der Waals surface area contributed by atoms with Crippen molar-refractivity contribution in [1.29, 1.82) is 0 Å². The number of halogens is 1. The predicted octanol–water partition coefficient (Wildman–Crippen LogP) is 3.96. The van der Waals surface area contributed by atoms with Crippen LogP contribution in [0.2, 0.25) is 0 Å². The summed E-state index contributed by atoms with van der Waals surface area (Å²) in [5, 5.41) is 12.0. The van der Waals surface area contributed by atoms with Gasteiger partial charge in [-0.3, -0.25) is 4.79 Å². The Kier molecular flexibility index (Phi) is 6.10. The van der Waals surface area contributed by atoms with Gasteiger partial charge in [0.1, 0.15) is 17.3 Å². The highest BCUT2D eigenvalue weighted by atomic mass is 32.2. The topological polar surface area (TPSA) is 88.0 Å². The van der Waals surface area contributed by atoms with Crippen molar-refractivity contribution in [3.05, 3.63) is 64.8 Å². The van der Waals surface area contributed by atoms with E-state index in [1.165, 1.54) is 12.1 Å². The maximum absolute atomic E-state index is 13.7. The molecule has 1 amide bonds. The average molecular weight is 400 g/mol. The molecule has 3 rings (SSSR count). The van der Waals surface area contributed by atoms with Gasteiger partial charge in [-0.05, 0) is 42.5 Å². The van der Waals surface area contributed by atoms with Crippen molar-refractivity contribution in [3.63, 3.8) is 0 Å². The smallest absolute Gasteiger partial charge is 0.344 e. The summed E-state index contributed by atoms with van der Waals surface area (Å²) in [4.78, 5) is 28.0. The molecule has 0 saturated carbocycles. The Bertz CT molecular complexity index is 974. The zero-order valence-electron chi connectivity index (χ0n) is 14.9. The van der Waals surface area contributed by atoms with Crippen LogP contribution < -0.4 is 10.1 Å². The molecule has 0 bridgehead atoms. The minimum Gasteiger partial charge on any atom is -0.479 e. The molecule has 1 saturated heterocycles. The number of amides is 1. The van der Waals surface area contributed by atoms with E-state index >= 15 is 0 Å². The fourth-order valence-electron chi connectivity index (χ4n) is 2.44. The number of carbonyl (C=O) groups is 2. The number of carboxylic acid groups (broad SMARTS) is 1. The molecular formula is C20H17FN2O4S. The molecule has 144 valence electrons. The highest BCUT2D eigenvalue weighted by Crippen LogP contribution is 2.31. The maximum atomic E-state index is 13.7. The molecule has 1 heterocycles. The lowest BCUT2D eigenvalue weighted by Gasteiger charge is -2.15. The second kappa shape index (κ2) is 8.71. The molecule has 0 aliphatic carbocycles. The summed E-state index contributed by atoms with van der Waals surface area (Å²) in [6, 6.07) is 12.9. The molecule has 2 aromatic carbocycles. The SMILES string of the molecule is CCC(Oc1ccccc1/C=C1/SC(=Nc2ccccc2F)NC1=O)C(=O)O. The number of carbonyl (C=O) groups excluding carboxylic acids is 1. The molecule has 28 heavy (non-hydrogen) atoms. The molecule has 1 unspecified atom stereocenters. The number of hydrogen-bond acceptors (Lipinski definition) is 5. The molecule has 0 spiro atoms. The lowest BCUT2D eigenvalue weighted by atomic mass is 10.1. The number of nitrogens with one attached hydrogen (secondary N) is 1. The van der Waals surface area contributed by atoms with Crippen molar-refractivity contribution in [2.45, 2.75) is 19.4 Å². The third-order valence-corrected chi connectivity index (χ3v) is 4.76. The Balaban J connectivity index is 1.85. The van der Waals surface area contributed by atoms with Crippen LogP contribution in [-0.2, 0) is 9.59 Å². The number of para-hydroxylation sites is 2. The van der Waals surface area contributed by atoms with E-state index in [2.05, 4.69) is 10.3 Å². The van der Waals surface area contributed by atoms with Gasteiger partial charge in [-0.2, -0.15) is 0 Å². The first kappa shape index (κ1) is 19.6. The van der Waals surface area contributed by atoms with Crippen molar-refractivity contribution < 1.29 is 23.8 Å². The van der Waals surface area contributed by atoms with Crippen LogP contribution in [-0.4, -0.2) is 28.3 Å². The number of aliphatic imine (C=N–C) groups is 1. The van der Waals surface area contributed by atoms with Gasteiger partial charge in [0.15, 0.2) is 11.3 Å². The second-order valence-electron chi connectivity index (χ2n) is 5.82. The van der Waals surface area contributed by atoms with Crippen LogP contribution in [0.15, 0.2) is 58.4 Å². The quantitative estimate of drug-likeness (QED) is 0.717. The monoisotopic (exact) mass is 400 g/mol. The van der Waals surface area contributed by atoms with Crippen LogP contribution in [0.1, 0.15) is 18.9 Å². The number of ether oxygens (including phenoxy) is 1.